The van der Waals surface area contributed by atoms with E-state index in [1.165, 1.54) is 0 Å². The van der Waals surface area contributed by atoms with Gasteiger partial charge >= 0.3 is 198 Å². The van der Waals surface area contributed by atoms with Crippen LogP contribution in [0.25, 0.3) is 0 Å². The summed E-state index contributed by atoms with van der Waals surface area (Å²) >= 11 is -21.7. The first-order chi connectivity index (χ1) is 8.66. The molecule has 4 radical (unpaired) electrons. The molecule has 0 heterocycles. The van der Waals surface area contributed by atoms with Crippen molar-refractivity contribution < 1.29 is 145 Å². The van der Waals surface area contributed by atoms with Crippen LogP contribution in [0.2, 0.25) is 0 Å². The third-order valence-corrected chi connectivity index (χ3v) is 0. The molecule has 0 aromatic carbocycles. The SMILES string of the molecule is [Bi+3].[O]=[Ta](=[O])[O-].[O]=[Ta](=[O])[O-].[O]=[Ta](=[O])[O-].[O]=[Ta](=[O])[O-].[O]=[Ta](=[O])[O-].[Pb+2]. The fourth-order valence-electron chi connectivity index (χ4n) is 0. The van der Waals surface area contributed by atoms with Crippen LogP contribution in [-0.2, 0) is 126 Å². The minimum Gasteiger partial charge on any atom is 2.00 e. The minimum absolute atomic E-state index is 0. The van der Waals surface area contributed by atoms with Gasteiger partial charge in [-0.15, -0.1) is 0 Å². The zero-order valence-electron chi connectivity index (χ0n) is 9.31. The van der Waals surface area contributed by atoms with Crippen LogP contribution in [0.3, 0.4) is 0 Å². The van der Waals surface area contributed by atoms with Crippen LogP contribution >= 0.6 is 0 Å². The second-order valence-electron chi connectivity index (χ2n) is 1.12. The minimum atomic E-state index is -4.34. The molecule has 0 bridgehead atoms. The summed E-state index contributed by atoms with van der Waals surface area (Å²) in [5.74, 6) is 0. The summed E-state index contributed by atoms with van der Waals surface area (Å²) in [5.41, 5.74) is 0. The Bertz CT molecular complexity index is 386. The van der Waals surface area contributed by atoms with E-state index in [1.54, 1.807) is 0 Å². The predicted octanol–water partition coefficient (Wildman–Crippen LogP) is -7.91. The second-order valence-corrected chi connectivity index (χ2v) is 9.15. The molecule has 0 N–H and O–H groups in total. The van der Waals surface area contributed by atoms with Gasteiger partial charge in [-0.2, -0.15) is 0 Å². The largest absolute Gasteiger partial charge is 2.00 e. The van der Waals surface area contributed by atoms with E-state index in [0.717, 1.165) is 0 Å². The van der Waals surface area contributed by atoms with Gasteiger partial charge < -0.3 is 0 Å². The molecule has 124 valence electrons. The van der Waals surface area contributed by atoms with Crippen LogP contribution in [0.1, 0.15) is 0 Å². The molecule has 0 rings (SSSR count). The molecule has 0 amide bonds. The van der Waals surface area contributed by atoms with E-state index in [-0.39, 0.29) is 53.5 Å². The Morgan fingerprint density at radius 2 is 0.364 bits per heavy atom. The summed E-state index contributed by atoms with van der Waals surface area (Å²) in [6, 6.07) is 0. The molecule has 0 aromatic rings. The zero-order chi connectivity index (χ0) is 17.9. The number of hydrogen-bond acceptors (Lipinski definition) is 15. The third kappa shape index (κ3) is 1060. The van der Waals surface area contributed by atoms with E-state index in [0.29, 0.717) is 0 Å². The van der Waals surface area contributed by atoms with Crippen molar-refractivity contribution in [1.82, 2.24) is 0 Å². The van der Waals surface area contributed by atoms with Gasteiger partial charge in [0.05, 0.1) is 0 Å². The molecule has 0 aliphatic heterocycles. The van der Waals surface area contributed by atoms with Crippen molar-refractivity contribution in [3.05, 3.63) is 0 Å². The standard InChI is InChI=1S/Bi.15O.Pb.5Ta/q+3;;;;;;;;;;;5*-1;+2;;;;;. The molecular formula is BiO15PbTa5. The van der Waals surface area contributed by atoms with E-state index >= 15 is 0 Å². The first kappa shape index (κ1) is 44.6. The smallest absolute Gasteiger partial charge is 2.00 e. The van der Waals surface area contributed by atoms with Gasteiger partial charge in [-0.05, 0) is 0 Å². The summed E-state index contributed by atoms with van der Waals surface area (Å²) in [6.45, 7) is 0. The van der Waals surface area contributed by atoms with Gasteiger partial charge in [0.2, 0.25) is 0 Å². The van der Waals surface area contributed by atoms with Gasteiger partial charge in [0, 0.05) is 0 Å². The molecule has 22 heavy (non-hydrogen) atoms. The van der Waals surface area contributed by atoms with Crippen LogP contribution in [0.15, 0.2) is 0 Å². The summed E-state index contributed by atoms with van der Waals surface area (Å²) < 4.78 is 129. The van der Waals surface area contributed by atoms with Crippen LogP contribution in [0.4, 0.5) is 0 Å². The van der Waals surface area contributed by atoms with E-state index in [9.17, 15) is 0 Å². The van der Waals surface area contributed by atoms with Crippen LogP contribution in [0, 0.1) is 0 Å². The summed E-state index contributed by atoms with van der Waals surface area (Å²) in [6.07, 6.45) is 0. The molecule has 0 fully saturated rings. The Labute approximate surface area is 194 Å². The van der Waals surface area contributed by atoms with Crippen molar-refractivity contribution in [2.24, 2.45) is 0 Å². The number of hydrogen-bond donors (Lipinski definition) is 0. The Kier molecular flexibility index (Phi) is 79.9. The van der Waals surface area contributed by atoms with Crippen molar-refractivity contribution in [3.8, 4) is 0 Å². The third-order valence-electron chi connectivity index (χ3n) is 0. The Balaban J connectivity index is -0.0000000250. The maximum Gasteiger partial charge on any atom is 2.00 e. The first-order valence-corrected chi connectivity index (χ1v) is 22.4. The molecule has 0 unspecified atom stereocenters. The van der Waals surface area contributed by atoms with Crippen LogP contribution in [-0.4, -0.2) is 53.5 Å². The second kappa shape index (κ2) is 39.4. The van der Waals surface area contributed by atoms with E-state index in [4.69, 9.17) is 50.6 Å². The van der Waals surface area contributed by atoms with Crippen molar-refractivity contribution >= 4 is 53.5 Å². The van der Waals surface area contributed by atoms with Crippen molar-refractivity contribution in [1.29, 1.82) is 0 Å². The van der Waals surface area contributed by atoms with Gasteiger partial charge in [-0.3, -0.25) is 0 Å². The maximum absolute atomic E-state index is 8.62. The summed E-state index contributed by atoms with van der Waals surface area (Å²) in [7, 11) is 0. The Hall–Kier alpha value is 3.31. The van der Waals surface area contributed by atoms with Gasteiger partial charge in [0.15, 0.2) is 0 Å². The first-order valence-electron chi connectivity index (χ1n) is 2.74. The molecular weight excluding hydrogens is 1560 g/mol. The molecule has 15 nitrogen and oxygen atoms in total. The maximum atomic E-state index is 8.62. The molecule has 0 aromatic heterocycles. The van der Waals surface area contributed by atoms with Crippen molar-refractivity contribution in [2.45, 2.75) is 0 Å². The van der Waals surface area contributed by atoms with Gasteiger partial charge in [0.1, 0.15) is 0 Å². The van der Waals surface area contributed by atoms with Crippen molar-refractivity contribution in [2.75, 3.05) is 0 Å². The molecule has 0 aliphatic carbocycles. The van der Waals surface area contributed by atoms with Crippen LogP contribution < -0.4 is 18.1 Å². The average Bonchev–Trinajstić information content (AvgIpc) is 1.94. The monoisotopic (exact) mass is 1560 g/mol. The molecule has 0 saturated carbocycles. The van der Waals surface area contributed by atoms with Gasteiger partial charge in [0.25, 0.3) is 0 Å². The topological polar surface area (TPSA) is 286 Å². The molecule has 0 saturated heterocycles. The van der Waals surface area contributed by atoms with Crippen molar-refractivity contribution in [3.63, 3.8) is 0 Å². The predicted molar refractivity (Wildman–Crippen MR) is 18.4 cm³/mol. The molecule has 0 atom stereocenters. The molecule has 0 spiro atoms. The molecule has 0 aliphatic rings. The van der Waals surface area contributed by atoms with E-state index in [1.807, 2.05) is 0 Å². The average molecular weight is 1560 g/mol. The van der Waals surface area contributed by atoms with Crippen LogP contribution in [0.5, 0.6) is 0 Å². The Morgan fingerprint density at radius 3 is 0.364 bits per heavy atom. The van der Waals surface area contributed by atoms with Gasteiger partial charge in [-0.1, -0.05) is 0 Å². The summed E-state index contributed by atoms with van der Waals surface area (Å²) in [5, 5.41) is 0. The fourth-order valence-corrected chi connectivity index (χ4v) is 0. The zero-order valence-corrected chi connectivity index (χ0v) is 32.7. The molecule has 22 heteroatoms. The van der Waals surface area contributed by atoms with E-state index < -0.39 is 93.9 Å². The Morgan fingerprint density at radius 1 is 0.364 bits per heavy atom. The quantitative estimate of drug-likeness (QED) is 0.204. The number of rotatable bonds is 0. The summed E-state index contributed by atoms with van der Waals surface area (Å²) in [4.78, 5) is 0. The van der Waals surface area contributed by atoms with Gasteiger partial charge in [-0.25, -0.2) is 0 Å². The fraction of sp³-hybridized carbons (Fsp3) is 0. The normalized spacial score (nSPS) is 5.68. The van der Waals surface area contributed by atoms with E-state index in [2.05, 4.69) is 0 Å².